The SMILES string of the molecule is O=C(CNC(=O)c1ccccc1OC(F)F)NCC12CC3CC(CC(C3)C1)C2. The predicted octanol–water partition coefficient (Wildman–Crippen LogP) is 3.35. The molecule has 0 aromatic heterocycles. The van der Waals surface area contributed by atoms with Crippen LogP contribution in [0.2, 0.25) is 0 Å². The molecule has 5 rings (SSSR count). The highest BCUT2D eigenvalue weighted by molar-refractivity contribution is 5.98. The van der Waals surface area contributed by atoms with Gasteiger partial charge in [-0.1, -0.05) is 12.1 Å². The molecule has 4 bridgehead atoms. The van der Waals surface area contributed by atoms with Crippen LogP contribution in [-0.2, 0) is 4.79 Å². The number of halogens is 2. The molecule has 0 heterocycles. The van der Waals surface area contributed by atoms with Gasteiger partial charge in [-0.25, -0.2) is 0 Å². The Balaban J connectivity index is 1.28. The molecule has 2 N–H and O–H groups in total. The molecule has 1 aromatic rings. The summed E-state index contributed by atoms with van der Waals surface area (Å²) in [5, 5.41) is 5.48. The van der Waals surface area contributed by atoms with Gasteiger partial charge in [-0.2, -0.15) is 8.78 Å². The second-order valence-corrected chi connectivity index (χ2v) is 8.75. The number of para-hydroxylation sites is 1. The molecule has 2 amide bonds. The van der Waals surface area contributed by atoms with E-state index in [0.29, 0.717) is 6.54 Å². The number of carbonyl (C=O) groups excluding carboxylic acids is 2. The fourth-order valence-corrected chi connectivity index (χ4v) is 5.96. The molecule has 28 heavy (non-hydrogen) atoms. The molecule has 4 aliphatic rings. The third kappa shape index (κ3) is 4.13. The molecule has 4 aliphatic carbocycles. The van der Waals surface area contributed by atoms with Crippen LogP contribution in [0.4, 0.5) is 8.78 Å². The minimum absolute atomic E-state index is 0.0170. The summed E-state index contributed by atoms with van der Waals surface area (Å²) < 4.78 is 29.3. The van der Waals surface area contributed by atoms with Crippen LogP contribution in [0.3, 0.4) is 0 Å². The van der Waals surface area contributed by atoms with E-state index in [1.165, 1.54) is 56.7 Å². The van der Waals surface area contributed by atoms with Crippen molar-refractivity contribution in [3.63, 3.8) is 0 Å². The van der Waals surface area contributed by atoms with Gasteiger partial charge < -0.3 is 15.4 Å². The number of hydrogen-bond donors (Lipinski definition) is 2. The largest absolute Gasteiger partial charge is 0.434 e. The number of hydrogen-bond acceptors (Lipinski definition) is 3. The molecular weight excluding hydrogens is 366 g/mol. The van der Waals surface area contributed by atoms with Gasteiger partial charge in [0.15, 0.2) is 0 Å². The van der Waals surface area contributed by atoms with E-state index in [1.807, 2.05) is 0 Å². The van der Waals surface area contributed by atoms with Crippen molar-refractivity contribution >= 4 is 11.8 Å². The van der Waals surface area contributed by atoms with Crippen LogP contribution >= 0.6 is 0 Å². The Labute approximate surface area is 163 Å². The lowest BCUT2D eigenvalue weighted by atomic mass is 9.49. The van der Waals surface area contributed by atoms with Gasteiger partial charge in [-0.05, 0) is 73.8 Å². The summed E-state index contributed by atoms with van der Waals surface area (Å²) >= 11 is 0. The number of carbonyl (C=O) groups is 2. The number of amides is 2. The van der Waals surface area contributed by atoms with Gasteiger partial charge in [0.25, 0.3) is 5.91 Å². The first-order valence-electron chi connectivity index (χ1n) is 10.0. The van der Waals surface area contributed by atoms with E-state index in [1.54, 1.807) is 6.07 Å². The van der Waals surface area contributed by atoms with Crippen LogP contribution < -0.4 is 15.4 Å². The van der Waals surface area contributed by atoms with Gasteiger partial charge in [0.2, 0.25) is 5.91 Å². The third-order valence-electron chi connectivity index (χ3n) is 6.58. The monoisotopic (exact) mass is 392 g/mol. The summed E-state index contributed by atoms with van der Waals surface area (Å²) in [7, 11) is 0. The Morgan fingerprint density at radius 2 is 1.64 bits per heavy atom. The quantitative estimate of drug-likeness (QED) is 0.748. The molecule has 152 valence electrons. The van der Waals surface area contributed by atoms with Crippen molar-refractivity contribution in [2.45, 2.75) is 45.1 Å². The summed E-state index contributed by atoms with van der Waals surface area (Å²) in [6.45, 7) is -2.54. The fourth-order valence-electron chi connectivity index (χ4n) is 5.96. The molecular formula is C21H26F2N2O3. The standard InChI is InChI=1S/C21H26F2N2O3/c22-20(23)28-17-4-2-1-3-16(17)19(27)24-11-18(26)25-12-21-8-13-5-14(9-21)7-15(6-13)10-21/h1-4,13-15,20H,5-12H2,(H,24,27)(H,25,26). The van der Waals surface area contributed by atoms with Crippen LogP contribution in [0.25, 0.3) is 0 Å². The van der Waals surface area contributed by atoms with Gasteiger partial charge in [0.05, 0.1) is 12.1 Å². The Hall–Kier alpha value is -2.18. The average molecular weight is 392 g/mol. The summed E-state index contributed by atoms with van der Waals surface area (Å²) in [6.07, 6.45) is 7.65. The highest BCUT2D eigenvalue weighted by Crippen LogP contribution is 2.59. The highest BCUT2D eigenvalue weighted by atomic mass is 19.3. The van der Waals surface area contributed by atoms with Crippen molar-refractivity contribution in [2.75, 3.05) is 13.1 Å². The summed E-state index contributed by atoms with van der Waals surface area (Å²) in [4.78, 5) is 24.5. The maximum Gasteiger partial charge on any atom is 0.387 e. The van der Waals surface area contributed by atoms with E-state index < -0.39 is 12.5 Å². The number of alkyl halides is 2. The van der Waals surface area contributed by atoms with E-state index in [9.17, 15) is 18.4 Å². The number of rotatable bonds is 7. The average Bonchev–Trinajstić information content (AvgIpc) is 2.63. The first-order valence-corrected chi connectivity index (χ1v) is 10.0. The van der Waals surface area contributed by atoms with Crippen molar-refractivity contribution in [1.82, 2.24) is 10.6 Å². The molecule has 4 fully saturated rings. The third-order valence-corrected chi connectivity index (χ3v) is 6.58. The van der Waals surface area contributed by atoms with Crippen LogP contribution in [0, 0.1) is 23.2 Å². The maximum absolute atomic E-state index is 12.5. The number of nitrogens with one attached hydrogen (secondary N) is 2. The van der Waals surface area contributed by atoms with Gasteiger partial charge in [0.1, 0.15) is 5.75 Å². The normalized spacial score (nSPS) is 30.3. The van der Waals surface area contributed by atoms with E-state index in [2.05, 4.69) is 15.4 Å². The Kier molecular flexibility index (Phi) is 5.25. The first-order chi connectivity index (χ1) is 13.4. The lowest BCUT2D eigenvalue weighted by molar-refractivity contribution is -0.122. The van der Waals surface area contributed by atoms with Crippen LogP contribution in [-0.4, -0.2) is 31.5 Å². The van der Waals surface area contributed by atoms with Gasteiger partial charge >= 0.3 is 6.61 Å². The molecule has 4 saturated carbocycles. The van der Waals surface area contributed by atoms with Gasteiger partial charge in [0, 0.05) is 6.54 Å². The second kappa shape index (κ2) is 7.68. The molecule has 5 nitrogen and oxygen atoms in total. The van der Waals surface area contributed by atoms with Gasteiger partial charge in [-0.3, -0.25) is 9.59 Å². The minimum Gasteiger partial charge on any atom is -0.434 e. The molecule has 7 heteroatoms. The smallest absolute Gasteiger partial charge is 0.387 e. The molecule has 1 aromatic carbocycles. The first kappa shape index (κ1) is 19.2. The van der Waals surface area contributed by atoms with Crippen molar-refractivity contribution < 1.29 is 23.1 Å². The Bertz CT molecular complexity index is 718. The minimum atomic E-state index is -3.02. The van der Waals surface area contributed by atoms with Crippen molar-refractivity contribution in [1.29, 1.82) is 0 Å². The van der Waals surface area contributed by atoms with Crippen LogP contribution in [0.15, 0.2) is 24.3 Å². The van der Waals surface area contributed by atoms with Gasteiger partial charge in [-0.15, -0.1) is 0 Å². The fraction of sp³-hybridized carbons (Fsp3) is 0.619. The van der Waals surface area contributed by atoms with E-state index in [4.69, 9.17) is 0 Å². The second-order valence-electron chi connectivity index (χ2n) is 8.75. The summed E-state index contributed by atoms with van der Waals surface area (Å²) in [5.74, 6) is 1.37. The topological polar surface area (TPSA) is 67.4 Å². The van der Waals surface area contributed by atoms with E-state index in [0.717, 1.165) is 17.8 Å². The summed E-state index contributed by atoms with van der Waals surface area (Å²) in [6, 6.07) is 5.75. The van der Waals surface area contributed by atoms with Crippen molar-refractivity contribution in [3.8, 4) is 5.75 Å². The maximum atomic E-state index is 12.5. The Morgan fingerprint density at radius 3 is 2.25 bits per heavy atom. The molecule has 0 atom stereocenters. The lowest BCUT2D eigenvalue weighted by Crippen LogP contribution is -2.52. The van der Waals surface area contributed by atoms with E-state index >= 15 is 0 Å². The Morgan fingerprint density at radius 1 is 1.04 bits per heavy atom. The molecule has 0 radical (unpaired) electrons. The van der Waals surface area contributed by atoms with Crippen molar-refractivity contribution in [3.05, 3.63) is 29.8 Å². The van der Waals surface area contributed by atoms with Crippen LogP contribution in [0.1, 0.15) is 48.9 Å². The van der Waals surface area contributed by atoms with E-state index in [-0.39, 0.29) is 29.2 Å². The molecule has 0 unspecified atom stereocenters. The molecule has 0 spiro atoms. The number of ether oxygens (including phenoxy) is 1. The summed E-state index contributed by atoms with van der Waals surface area (Å²) in [5.41, 5.74) is 0.211. The highest BCUT2D eigenvalue weighted by Gasteiger charge is 2.50. The lowest BCUT2D eigenvalue weighted by Gasteiger charge is -2.56. The zero-order chi connectivity index (χ0) is 19.7. The molecule has 0 aliphatic heterocycles. The zero-order valence-electron chi connectivity index (χ0n) is 15.8. The number of benzene rings is 1. The van der Waals surface area contributed by atoms with Crippen LogP contribution in [0.5, 0.6) is 5.75 Å². The molecule has 0 saturated heterocycles. The van der Waals surface area contributed by atoms with Crippen molar-refractivity contribution in [2.24, 2.45) is 23.2 Å². The zero-order valence-corrected chi connectivity index (χ0v) is 15.8. The predicted molar refractivity (Wildman–Crippen MR) is 99.0 cm³/mol.